The Balaban J connectivity index is 0.00000484. The van der Waals surface area contributed by atoms with E-state index >= 15 is 0 Å². The molecule has 6 heteroatoms. The molecule has 1 rings (SSSR count). The van der Waals surface area contributed by atoms with Crippen molar-refractivity contribution in [2.45, 2.75) is 65.3 Å². The third kappa shape index (κ3) is 11.4. The quantitative estimate of drug-likeness (QED) is 0.240. The van der Waals surface area contributed by atoms with Crippen LogP contribution in [0, 0.1) is 0 Å². The van der Waals surface area contributed by atoms with Gasteiger partial charge in [0.1, 0.15) is 0 Å². The Bertz CT molecular complexity index is 417. The van der Waals surface area contributed by atoms with Crippen LogP contribution in [-0.4, -0.2) is 28.8 Å². The minimum absolute atomic E-state index is 0. The second-order valence-electron chi connectivity index (χ2n) is 5.77. The first kappa shape index (κ1) is 22.2. The number of nitrogens with zero attached hydrogens (tertiary/aromatic N) is 3. The molecule has 23 heavy (non-hydrogen) atoms. The summed E-state index contributed by atoms with van der Waals surface area (Å²) in [6.45, 7) is 6.90. The van der Waals surface area contributed by atoms with Gasteiger partial charge < -0.3 is 10.6 Å². The summed E-state index contributed by atoms with van der Waals surface area (Å²) in [5.74, 6) is 0.900. The molecule has 0 radical (unpaired) electrons. The molecule has 1 aromatic heterocycles. The van der Waals surface area contributed by atoms with Gasteiger partial charge in [0, 0.05) is 31.9 Å². The predicted octanol–water partition coefficient (Wildman–Crippen LogP) is 3.84. The van der Waals surface area contributed by atoms with Gasteiger partial charge in [-0.25, -0.2) is 4.99 Å². The SMILES string of the molecule is CCCCCCCCCNC(=NCc1cnn(C)c1)NCC.I. The number of hydrogen-bond donors (Lipinski definition) is 2. The Morgan fingerprint density at radius 1 is 1.09 bits per heavy atom. The fourth-order valence-corrected chi connectivity index (χ4v) is 2.35. The summed E-state index contributed by atoms with van der Waals surface area (Å²) in [5.41, 5.74) is 1.13. The van der Waals surface area contributed by atoms with Gasteiger partial charge in [0.05, 0.1) is 12.7 Å². The summed E-state index contributed by atoms with van der Waals surface area (Å²) in [6.07, 6.45) is 13.2. The lowest BCUT2D eigenvalue weighted by molar-refractivity contribution is 0.584. The summed E-state index contributed by atoms with van der Waals surface area (Å²) in [7, 11) is 1.93. The molecular formula is C17H34IN5. The van der Waals surface area contributed by atoms with E-state index in [2.05, 4.69) is 34.6 Å². The number of halogens is 1. The smallest absolute Gasteiger partial charge is 0.191 e. The molecule has 2 N–H and O–H groups in total. The van der Waals surface area contributed by atoms with Gasteiger partial charge in [0.2, 0.25) is 0 Å². The van der Waals surface area contributed by atoms with Crippen molar-refractivity contribution in [3.63, 3.8) is 0 Å². The zero-order chi connectivity index (χ0) is 16.0. The number of guanidine groups is 1. The molecule has 1 heterocycles. The average molecular weight is 435 g/mol. The van der Waals surface area contributed by atoms with Crippen LogP contribution in [0.2, 0.25) is 0 Å². The first-order valence-corrected chi connectivity index (χ1v) is 8.76. The molecule has 0 aromatic carbocycles. The molecule has 0 atom stereocenters. The normalized spacial score (nSPS) is 11.2. The minimum atomic E-state index is 0. The molecule has 0 bridgehead atoms. The van der Waals surface area contributed by atoms with E-state index in [4.69, 9.17) is 0 Å². The Hall–Kier alpha value is -0.790. The number of aromatic nitrogens is 2. The Morgan fingerprint density at radius 2 is 1.78 bits per heavy atom. The van der Waals surface area contributed by atoms with Crippen LogP contribution in [0.5, 0.6) is 0 Å². The highest BCUT2D eigenvalue weighted by atomic mass is 127. The summed E-state index contributed by atoms with van der Waals surface area (Å²) < 4.78 is 1.81. The molecule has 1 aromatic rings. The lowest BCUT2D eigenvalue weighted by Gasteiger charge is -2.11. The molecule has 134 valence electrons. The molecule has 0 saturated carbocycles. The van der Waals surface area contributed by atoms with Crippen molar-refractivity contribution < 1.29 is 0 Å². The third-order valence-corrected chi connectivity index (χ3v) is 3.60. The van der Waals surface area contributed by atoms with Crippen LogP contribution in [0.4, 0.5) is 0 Å². The van der Waals surface area contributed by atoms with Crippen LogP contribution in [0.1, 0.15) is 64.4 Å². The van der Waals surface area contributed by atoms with Crippen molar-refractivity contribution in [3.8, 4) is 0 Å². The lowest BCUT2D eigenvalue weighted by atomic mass is 10.1. The number of aryl methyl sites for hydroxylation is 1. The topological polar surface area (TPSA) is 54.2 Å². The molecular weight excluding hydrogens is 401 g/mol. The van der Waals surface area contributed by atoms with E-state index < -0.39 is 0 Å². The number of rotatable bonds is 11. The fraction of sp³-hybridized carbons (Fsp3) is 0.765. The summed E-state index contributed by atoms with van der Waals surface area (Å²) in [6, 6.07) is 0. The zero-order valence-electron chi connectivity index (χ0n) is 15.0. The van der Waals surface area contributed by atoms with Gasteiger partial charge in [-0.2, -0.15) is 5.10 Å². The van der Waals surface area contributed by atoms with E-state index in [1.54, 1.807) is 0 Å². The van der Waals surface area contributed by atoms with Gasteiger partial charge in [0.15, 0.2) is 5.96 Å². The second kappa shape index (κ2) is 14.8. The van der Waals surface area contributed by atoms with Gasteiger partial charge >= 0.3 is 0 Å². The molecule has 0 unspecified atom stereocenters. The van der Waals surface area contributed by atoms with E-state index in [1.807, 2.05) is 24.1 Å². The van der Waals surface area contributed by atoms with Gasteiger partial charge in [-0.1, -0.05) is 45.4 Å². The fourth-order valence-electron chi connectivity index (χ4n) is 2.35. The highest BCUT2D eigenvalue weighted by Gasteiger charge is 1.99. The highest BCUT2D eigenvalue weighted by Crippen LogP contribution is 2.06. The second-order valence-corrected chi connectivity index (χ2v) is 5.77. The largest absolute Gasteiger partial charge is 0.357 e. The van der Waals surface area contributed by atoms with Crippen molar-refractivity contribution in [1.29, 1.82) is 0 Å². The molecule has 5 nitrogen and oxygen atoms in total. The maximum atomic E-state index is 4.60. The van der Waals surface area contributed by atoms with Crippen LogP contribution in [0.3, 0.4) is 0 Å². The van der Waals surface area contributed by atoms with Gasteiger partial charge in [-0.3, -0.25) is 4.68 Å². The van der Waals surface area contributed by atoms with Crippen molar-refractivity contribution in [2.24, 2.45) is 12.0 Å². The lowest BCUT2D eigenvalue weighted by Crippen LogP contribution is -2.37. The minimum Gasteiger partial charge on any atom is -0.357 e. The summed E-state index contributed by atoms with van der Waals surface area (Å²) in [5, 5.41) is 10.9. The van der Waals surface area contributed by atoms with E-state index in [0.29, 0.717) is 6.54 Å². The standard InChI is InChI=1S/C17H33N5.HI/c1-4-6-7-8-9-10-11-12-19-17(18-5-2)20-13-16-14-21-22(3)15-16;/h14-15H,4-13H2,1-3H3,(H2,18,19,20);1H. The van der Waals surface area contributed by atoms with E-state index in [1.165, 1.54) is 44.9 Å². The molecule has 0 aliphatic carbocycles. The first-order chi connectivity index (χ1) is 10.8. The van der Waals surface area contributed by atoms with Crippen LogP contribution in [-0.2, 0) is 13.6 Å². The molecule has 0 amide bonds. The highest BCUT2D eigenvalue weighted by molar-refractivity contribution is 14.0. The van der Waals surface area contributed by atoms with E-state index in [0.717, 1.165) is 24.6 Å². The molecule has 0 aliphatic heterocycles. The van der Waals surface area contributed by atoms with E-state index in [9.17, 15) is 0 Å². The molecule has 0 spiro atoms. The number of aliphatic imine (C=N–C) groups is 1. The Kier molecular flexibility index (Phi) is 14.3. The maximum Gasteiger partial charge on any atom is 0.191 e. The van der Waals surface area contributed by atoms with Gasteiger partial charge in [0.25, 0.3) is 0 Å². The maximum absolute atomic E-state index is 4.60. The van der Waals surface area contributed by atoms with E-state index in [-0.39, 0.29) is 24.0 Å². The first-order valence-electron chi connectivity index (χ1n) is 8.76. The van der Waals surface area contributed by atoms with Gasteiger partial charge in [-0.05, 0) is 13.3 Å². The number of unbranched alkanes of at least 4 members (excludes halogenated alkanes) is 6. The monoisotopic (exact) mass is 435 g/mol. The molecule has 0 saturated heterocycles. The van der Waals surface area contributed by atoms with Crippen molar-refractivity contribution in [2.75, 3.05) is 13.1 Å². The van der Waals surface area contributed by atoms with Crippen LogP contribution >= 0.6 is 24.0 Å². The zero-order valence-corrected chi connectivity index (χ0v) is 17.3. The number of hydrogen-bond acceptors (Lipinski definition) is 2. The van der Waals surface area contributed by atoms with Crippen LogP contribution < -0.4 is 10.6 Å². The number of nitrogens with one attached hydrogen (secondary N) is 2. The van der Waals surface area contributed by atoms with Crippen molar-refractivity contribution in [3.05, 3.63) is 18.0 Å². The summed E-state index contributed by atoms with van der Waals surface area (Å²) in [4.78, 5) is 4.60. The Labute approximate surface area is 158 Å². The van der Waals surface area contributed by atoms with Gasteiger partial charge in [-0.15, -0.1) is 24.0 Å². The van der Waals surface area contributed by atoms with Crippen molar-refractivity contribution >= 4 is 29.9 Å². The third-order valence-electron chi connectivity index (χ3n) is 3.60. The Morgan fingerprint density at radius 3 is 2.39 bits per heavy atom. The molecule has 0 aliphatic rings. The van der Waals surface area contributed by atoms with Crippen LogP contribution in [0.25, 0.3) is 0 Å². The average Bonchev–Trinajstić information content (AvgIpc) is 2.93. The van der Waals surface area contributed by atoms with Crippen LogP contribution in [0.15, 0.2) is 17.4 Å². The van der Waals surface area contributed by atoms with Crippen molar-refractivity contribution in [1.82, 2.24) is 20.4 Å². The predicted molar refractivity (Wildman–Crippen MR) is 109 cm³/mol. The summed E-state index contributed by atoms with van der Waals surface area (Å²) >= 11 is 0. The molecule has 0 fully saturated rings.